The van der Waals surface area contributed by atoms with Crippen molar-refractivity contribution in [3.05, 3.63) is 21.1 Å². The van der Waals surface area contributed by atoms with Crippen LogP contribution in [0.3, 0.4) is 0 Å². The van der Waals surface area contributed by atoms with Crippen molar-refractivity contribution >= 4 is 31.9 Å². The van der Waals surface area contributed by atoms with Crippen LogP contribution in [0.25, 0.3) is 0 Å². The number of hydrogen-bond acceptors (Lipinski definition) is 3. The highest BCUT2D eigenvalue weighted by Crippen LogP contribution is 2.35. The van der Waals surface area contributed by atoms with Crippen molar-refractivity contribution in [3.8, 4) is 11.5 Å². The average Bonchev–Trinajstić information content (AvgIpc) is 2.27. The topological polar surface area (TPSA) is 30.5 Å². The second-order valence-corrected chi connectivity index (χ2v) is 6.65. The first-order valence-electron chi connectivity index (χ1n) is 5.74. The fourth-order valence-corrected chi connectivity index (χ4v) is 2.29. The summed E-state index contributed by atoms with van der Waals surface area (Å²) >= 11 is 6.91. The molecule has 0 unspecified atom stereocenters. The van der Waals surface area contributed by atoms with Gasteiger partial charge in [-0.05, 0) is 64.8 Å². The smallest absolute Gasteiger partial charge is 0.134 e. The van der Waals surface area contributed by atoms with E-state index in [1.54, 1.807) is 7.11 Å². The van der Waals surface area contributed by atoms with Gasteiger partial charge < -0.3 is 14.8 Å². The Hall–Kier alpha value is -0.260. The Morgan fingerprint density at radius 2 is 1.67 bits per heavy atom. The van der Waals surface area contributed by atoms with E-state index in [1.165, 1.54) is 0 Å². The van der Waals surface area contributed by atoms with Crippen molar-refractivity contribution in [3.63, 3.8) is 0 Å². The molecule has 1 aromatic carbocycles. The standard InChI is InChI=1S/C13H19Br2NO2/c1-13(2,3)16-5-6-18-12-8-9(14)11(17-4)7-10(12)15/h7-8,16H,5-6H2,1-4H3. The molecule has 5 heteroatoms. The van der Waals surface area contributed by atoms with Gasteiger partial charge in [0.25, 0.3) is 0 Å². The molecule has 0 aliphatic rings. The first-order chi connectivity index (χ1) is 8.33. The molecule has 0 saturated heterocycles. The van der Waals surface area contributed by atoms with Crippen LogP contribution in [0, 0.1) is 0 Å². The molecule has 0 saturated carbocycles. The lowest BCUT2D eigenvalue weighted by Crippen LogP contribution is -2.38. The summed E-state index contributed by atoms with van der Waals surface area (Å²) in [5, 5.41) is 3.37. The van der Waals surface area contributed by atoms with Crippen LogP contribution in [0.5, 0.6) is 11.5 Å². The Morgan fingerprint density at radius 1 is 1.11 bits per heavy atom. The van der Waals surface area contributed by atoms with Gasteiger partial charge in [0, 0.05) is 12.1 Å². The van der Waals surface area contributed by atoms with Crippen molar-refractivity contribution in [1.82, 2.24) is 5.32 Å². The van der Waals surface area contributed by atoms with Crippen LogP contribution in [-0.2, 0) is 0 Å². The Bertz CT molecular complexity index is 403. The molecule has 0 spiro atoms. The highest BCUT2D eigenvalue weighted by Gasteiger charge is 2.10. The maximum absolute atomic E-state index is 5.72. The second-order valence-electron chi connectivity index (χ2n) is 4.94. The van der Waals surface area contributed by atoms with E-state index < -0.39 is 0 Å². The fraction of sp³-hybridized carbons (Fsp3) is 0.538. The molecule has 0 fully saturated rings. The molecule has 1 aromatic rings. The molecule has 0 atom stereocenters. The third kappa shape index (κ3) is 5.16. The molecule has 0 aliphatic heterocycles. The predicted octanol–water partition coefficient (Wildman–Crippen LogP) is 3.99. The first-order valence-corrected chi connectivity index (χ1v) is 7.33. The van der Waals surface area contributed by atoms with Gasteiger partial charge in [-0.25, -0.2) is 0 Å². The Labute approximate surface area is 125 Å². The van der Waals surface area contributed by atoms with Crippen LogP contribution < -0.4 is 14.8 Å². The summed E-state index contributed by atoms with van der Waals surface area (Å²) in [5.74, 6) is 1.58. The van der Waals surface area contributed by atoms with Crippen LogP contribution >= 0.6 is 31.9 Å². The van der Waals surface area contributed by atoms with Crippen LogP contribution in [-0.4, -0.2) is 25.8 Å². The minimum atomic E-state index is 0.112. The Kier molecular flexibility index (Phi) is 5.95. The lowest BCUT2D eigenvalue weighted by molar-refractivity contribution is 0.289. The molecule has 3 nitrogen and oxygen atoms in total. The van der Waals surface area contributed by atoms with Gasteiger partial charge in [0.2, 0.25) is 0 Å². The summed E-state index contributed by atoms with van der Waals surface area (Å²) < 4.78 is 12.7. The molecule has 18 heavy (non-hydrogen) atoms. The Balaban J connectivity index is 2.55. The van der Waals surface area contributed by atoms with E-state index in [1.807, 2.05) is 12.1 Å². The van der Waals surface area contributed by atoms with Gasteiger partial charge in [0.05, 0.1) is 16.1 Å². The summed E-state index contributed by atoms with van der Waals surface area (Å²) in [6.45, 7) is 7.82. The molecule has 1 N–H and O–H groups in total. The molecule has 0 radical (unpaired) electrons. The van der Waals surface area contributed by atoms with E-state index in [0.29, 0.717) is 6.61 Å². The van der Waals surface area contributed by atoms with Crippen LogP contribution in [0.1, 0.15) is 20.8 Å². The molecular weight excluding hydrogens is 362 g/mol. The normalized spacial score (nSPS) is 11.4. The third-order valence-corrected chi connectivity index (χ3v) is 3.46. The van der Waals surface area contributed by atoms with Crippen molar-refractivity contribution < 1.29 is 9.47 Å². The fourth-order valence-electron chi connectivity index (χ4n) is 1.36. The molecule has 0 amide bonds. The number of benzene rings is 1. The molecule has 0 bridgehead atoms. The van der Waals surface area contributed by atoms with Crippen molar-refractivity contribution in [2.45, 2.75) is 26.3 Å². The molecule has 0 heterocycles. The van der Waals surface area contributed by atoms with E-state index in [-0.39, 0.29) is 5.54 Å². The zero-order chi connectivity index (χ0) is 13.8. The average molecular weight is 381 g/mol. The monoisotopic (exact) mass is 379 g/mol. The van der Waals surface area contributed by atoms with Gasteiger partial charge in [-0.3, -0.25) is 0 Å². The summed E-state index contributed by atoms with van der Waals surface area (Å²) in [4.78, 5) is 0. The highest BCUT2D eigenvalue weighted by molar-refractivity contribution is 9.11. The zero-order valence-electron chi connectivity index (χ0n) is 11.1. The summed E-state index contributed by atoms with van der Waals surface area (Å²) in [5.41, 5.74) is 0.112. The molecule has 102 valence electrons. The Morgan fingerprint density at radius 3 is 2.22 bits per heavy atom. The van der Waals surface area contributed by atoms with E-state index in [0.717, 1.165) is 27.0 Å². The van der Waals surface area contributed by atoms with Gasteiger partial charge in [-0.1, -0.05) is 0 Å². The largest absolute Gasteiger partial charge is 0.496 e. The van der Waals surface area contributed by atoms with E-state index >= 15 is 0 Å². The lowest BCUT2D eigenvalue weighted by Gasteiger charge is -2.20. The van der Waals surface area contributed by atoms with Crippen molar-refractivity contribution in [2.24, 2.45) is 0 Å². The molecule has 1 rings (SSSR count). The van der Waals surface area contributed by atoms with Gasteiger partial charge in [0.15, 0.2) is 0 Å². The SMILES string of the molecule is COc1cc(Br)c(OCCNC(C)(C)C)cc1Br. The van der Waals surface area contributed by atoms with Crippen LogP contribution in [0.4, 0.5) is 0 Å². The highest BCUT2D eigenvalue weighted by atomic mass is 79.9. The first kappa shape index (κ1) is 15.8. The number of hydrogen-bond donors (Lipinski definition) is 1. The quantitative estimate of drug-likeness (QED) is 0.783. The minimum absolute atomic E-state index is 0.112. The minimum Gasteiger partial charge on any atom is -0.496 e. The zero-order valence-corrected chi connectivity index (χ0v) is 14.3. The van der Waals surface area contributed by atoms with E-state index in [9.17, 15) is 0 Å². The van der Waals surface area contributed by atoms with Crippen molar-refractivity contribution in [2.75, 3.05) is 20.3 Å². The number of ether oxygens (including phenoxy) is 2. The second kappa shape index (κ2) is 6.78. The molecular formula is C13H19Br2NO2. The van der Waals surface area contributed by atoms with E-state index in [4.69, 9.17) is 9.47 Å². The predicted molar refractivity (Wildman–Crippen MR) is 81.6 cm³/mol. The summed E-state index contributed by atoms with van der Waals surface area (Å²) in [6.07, 6.45) is 0. The lowest BCUT2D eigenvalue weighted by atomic mass is 10.1. The van der Waals surface area contributed by atoms with Crippen LogP contribution in [0.2, 0.25) is 0 Å². The number of methoxy groups -OCH3 is 1. The van der Waals surface area contributed by atoms with Gasteiger partial charge in [-0.2, -0.15) is 0 Å². The number of rotatable bonds is 5. The van der Waals surface area contributed by atoms with Crippen LogP contribution in [0.15, 0.2) is 21.1 Å². The summed E-state index contributed by atoms with van der Waals surface area (Å²) in [6, 6.07) is 3.79. The van der Waals surface area contributed by atoms with Gasteiger partial charge in [0.1, 0.15) is 18.1 Å². The van der Waals surface area contributed by atoms with E-state index in [2.05, 4.69) is 57.9 Å². The van der Waals surface area contributed by atoms with Gasteiger partial charge in [-0.15, -0.1) is 0 Å². The van der Waals surface area contributed by atoms with Crippen molar-refractivity contribution in [1.29, 1.82) is 0 Å². The number of halogens is 2. The number of nitrogens with one attached hydrogen (secondary N) is 1. The van der Waals surface area contributed by atoms with Gasteiger partial charge >= 0.3 is 0 Å². The molecule has 0 aromatic heterocycles. The maximum atomic E-state index is 5.72. The third-order valence-electron chi connectivity index (χ3n) is 2.22. The molecule has 0 aliphatic carbocycles. The summed E-state index contributed by atoms with van der Waals surface area (Å²) in [7, 11) is 1.64. The maximum Gasteiger partial charge on any atom is 0.134 e.